The van der Waals surface area contributed by atoms with Gasteiger partial charge in [0.1, 0.15) is 0 Å². The Bertz CT molecular complexity index is 389. The van der Waals surface area contributed by atoms with Gasteiger partial charge in [0.15, 0.2) is 0 Å². The second-order valence-corrected chi connectivity index (χ2v) is 6.16. The van der Waals surface area contributed by atoms with Crippen LogP contribution in [0.4, 0.5) is 0 Å². The fourth-order valence-electron chi connectivity index (χ4n) is 3.15. The van der Waals surface area contributed by atoms with E-state index in [1.807, 2.05) is 0 Å². The molecule has 0 aromatic heterocycles. The predicted molar refractivity (Wildman–Crippen MR) is 75.5 cm³/mol. The summed E-state index contributed by atoms with van der Waals surface area (Å²) < 4.78 is 0. The van der Waals surface area contributed by atoms with Crippen LogP contribution >= 0.6 is 0 Å². The summed E-state index contributed by atoms with van der Waals surface area (Å²) in [5, 5.41) is 3.62. The molecular formula is C16H24N2. The van der Waals surface area contributed by atoms with E-state index in [1.54, 1.807) is 0 Å². The van der Waals surface area contributed by atoms with Crippen molar-refractivity contribution in [3.63, 3.8) is 0 Å². The maximum Gasteiger partial charge on any atom is 0.0473 e. The first-order valence-corrected chi connectivity index (χ1v) is 7.26. The molecule has 0 amide bonds. The van der Waals surface area contributed by atoms with E-state index in [0.717, 1.165) is 18.4 Å². The summed E-state index contributed by atoms with van der Waals surface area (Å²) in [7, 11) is 0. The van der Waals surface area contributed by atoms with Crippen molar-refractivity contribution in [2.75, 3.05) is 19.6 Å². The zero-order valence-corrected chi connectivity index (χ0v) is 11.5. The molecule has 1 N–H and O–H groups in total. The van der Waals surface area contributed by atoms with Crippen LogP contribution in [-0.2, 0) is 0 Å². The van der Waals surface area contributed by atoms with Crippen LogP contribution in [-0.4, -0.2) is 30.6 Å². The predicted octanol–water partition coefficient (Wildman–Crippen LogP) is 2.68. The van der Waals surface area contributed by atoms with Crippen LogP contribution in [0.2, 0.25) is 0 Å². The molecule has 1 aliphatic carbocycles. The lowest BCUT2D eigenvalue weighted by atomic mass is 10.0. The third kappa shape index (κ3) is 2.60. The van der Waals surface area contributed by atoms with Crippen LogP contribution in [0, 0.1) is 11.8 Å². The molecule has 0 spiro atoms. The fraction of sp³-hybridized carbons (Fsp3) is 0.625. The molecule has 2 fully saturated rings. The van der Waals surface area contributed by atoms with E-state index in [-0.39, 0.29) is 0 Å². The van der Waals surface area contributed by atoms with Crippen molar-refractivity contribution in [1.82, 2.24) is 10.2 Å². The van der Waals surface area contributed by atoms with Crippen LogP contribution in [0.15, 0.2) is 30.3 Å². The van der Waals surface area contributed by atoms with E-state index < -0.39 is 0 Å². The molecule has 0 radical (unpaired) electrons. The van der Waals surface area contributed by atoms with Crippen molar-refractivity contribution in [3.8, 4) is 0 Å². The van der Waals surface area contributed by atoms with E-state index in [2.05, 4.69) is 54.4 Å². The lowest BCUT2D eigenvalue weighted by molar-refractivity contribution is 0.128. The van der Waals surface area contributed by atoms with Gasteiger partial charge in [0, 0.05) is 31.7 Å². The molecular weight excluding hydrogens is 220 g/mol. The highest BCUT2D eigenvalue weighted by Gasteiger charge is 2.37. The van der Waals surface area contributed by atoms with Gasteiger partial charge in [-0.25, -0.2) is 0 Å². The summed E-state index contributed by atoms with van der Waals surface area (Å²) in [6.07, 6.45) is 1.43. The molecule has 98 valence electrons. The van der Waals surface area contributed by atoms with Crippen LogP contribution < -0.4 is 5.32 Å². The number of piperazine rings is 1. The fourth-order valence-corrected chi connectivity index (χ4v) is 3.15. The Morgan fingerprint density at radius 3 is 2.61 bits per heavy atom. The third-order valence-corrected chi connectivity index (χ3v) is 4.54. The number of hydrogen-bond acceptors (Lipinski definition) is 2. The summed E-state index contributed by atoms with van der Waals surface area (Å²) in [4.78, 5) is 2.70. The molecule has 1 saturated carbocycles. The van der Waals surface area contributed by atoms with Gasteiger partial charge in [-0.3, -0.25) is 4.90 Å². The van der Waals surface area contributed by atoms with Crippen LogP contribution in [0.5, 0.6) is 0 Å². The summed E-state index contributed by atoms with van der Waals surface area (Å²) in [6.45, 7) is 8.24. The van der Waals surface area contributed by atoms with Gasteiger partial charge in [-0.05, 0) is 30.7 Å². The Morgan fingerprint density at radius 1 is 1.22 bits per heavy atom. The van der Waals surface area contributed by atoms with Crippen molar-refractivity contribution in [1.29, 1.82) is 0 Å². The molecule has 4 atom stereocenters. The normalized spacial score (nSPS) is 36.6. The zero-order valence-electron chi connectivity index (χ0n) is 11.5. The van der Waals surface area contributed by atoms with Crippen LogP contribution in [0.1, 0.15) is 31.9 Å². The quantitative estimate of drug-likeness (QED) is 0.879. The third-order valence-electron chi connectivity index (χ3n) is 4.54. The molecule has 3 rings (SSSR count). The first-order valence-electron chi connectivity index (χ1n) is 7.26. The smallest absolute Gasteiger partial charge is 0.0473 e. The summed E-state index contributed by atoms with van der Waals surface area (Å²) >= 11 is 0. The summed E-state index contributed by atoms with van der Waals surface area (Å²) in [6, 6.07) is 12.2. The average Bonchev–Trinajstić information content (AvgIpc) is 3.06. The standard InChI is InChI=1S/C16H24N2/c1-12-8-15(12)11-18-10-13(2)17-9-16(18)14-6-4-3-5-7-14/h3-7,12-13,15-17H,8-11H2,1-2H3. The topological polar surface area (TPSA) is 15.3 Å². The second-order valence-electron chi connectivity index (χ2n) is 6.16. The molecule has 2 aliphatic rings. The lowest BCUT2D eigenvalue weighted by Crippen LogP contribution is -2.51. The van der Waals surface area contributed by atoms with E-state index in [1.165, 1.54) is 25.1 Å². The van der Waals surface area contributed by atoms with Gasteiger partial charge in [0.05, 0.1) is 0 Å². The van der Waals surface area contributed by atoms with Crippen LogP contribution in [0.25, 0.3) is 0 Å². The first-order chi connectivity index (χ1) is 8.74. The van der Waals surface area contributed by atoms with Crippen molar-refractivity contribution in [3.05, 3.63) is 35.9 Å². The number of benzene rings is 1. The molecule has 0 bridgehead atoms. The molecule has 1 aromatic rings. The Hall–Kier alpha value is -0.860. The van der Waals surface area contributed by atoms with Crippen LogP contribution in [0.3, 0.4) is 0 Å². The van der Waals surface area contributed by atoms with E-state index in [9.17, 15) is 0 Å². The minimum Gasteiger partial charge on any atom is -0.311 e. The van der Waals surface area contributed by atoms with Gasteiger partial charge in [-0.1, -0.05) is 37.3 Å². The van der Waals surface area contributed by atoms with Crippen molar-refractivity contribution >= 4 is 0 Å². The summed E-state index contributed by atoms with van der Waals surface area (Å²) in [5.41, 5.74) is 1.46. The molecule has 1 heterocycles. The highest BCUT2D eigenvalue weighted by atomic mass is 15.2. The number of nitrogens with zero attached hydrogens (tertiary/aromatic N) is 1. The molecule has 4 unspecified atom stereocenters. The summed E-state index contributed by atoms with van der Waals surface area (Å²) in [5.74, 6) is 1.90. The Kier molecular flexibility index (Phi) is 3.40. The highest BCUT2D eigenvalue weighted by Crippen LogP contribution is 2.40. The van der Waals surface area contributed by atoms with Gasteiger partial charge in [0.25, 0.3) is 0 Å². The molecule has 18 heavy (non-hydrogen) atoms. The molecule has 1 saturated heterocycles. The van der Waals surface area contributed by atoms with Gasteiger partial charge in [-0.2, -0.15) is 0 Å². The van der Waals surface area contributed by atoms with Gasteiger partial charge in [-0.15, -0.1) is 0 Å². The van der Waals surface area contributed by atoms with Gasteiger partial charge < -0.3 is 5.32 Å². The van der Waals surface area contributed by atoms with Gasteiger partial charge in [0.2, 0.25) is 0 Å². The maximum atomic E-state index is 3.62. The minimum atomic E-state index is 0.565. The number of hydrogen-bond donors (Lipinski definition) is 1. The Morgan fingerprint density at radius 2 is 1.94 bits per heavy atom. The van der Waals surface area contributed by atoms with Crippen molar-refractivity contribution in [2.24, 2.45) is 11.8 Å². The van der Waals surface area contributed by atoms with Crippen molar-refractivity contribution in [2.45, 2.75) is 32.4 Å². The van der Waals surface area contributed by atoms with E-state index in [0.29, 0.717) is 12.1 Å². The maximum absolute atomic E-state index is 3.62. The number of nitrogens with one attached hydrogen (secondary N) is 1. The molecule has 1 aliphatic heterocycles. The average molecular weight is 244 g/mol. The van der Waals surface area contributed by atoms with Gasteiger partial charge >= 0.3 is 0 Å². The van der Waals surface area contributed by atoms with Crippen molar-refractivity contribution < 1.29 is 0 Å². The second kappa shape index (κ2) is 5.02. The van der Waals surface area contributed by atoms with E-state index in [4.69, 9.17) is 0 Å². The molecule has 1 aromatic carbocycles. The molecule has 2 heteroatoms. The monoisotopic (exact) mass is 244 g/mol. The largest absolute Gasteiger partial charge is 0.311 e. The Labute approximate surface area is 110 Å². The van der Waals surface area contributed by atoms with E-state index >= 15 is 0 Å². The Balaban J connectivity index is 1.73. The number of rotatable bonds is 3. The minimum absolute atomic E-state index is 0.565. The first kappa shape index (κ1) is 12.2. The SMILES string of the molecule is CC1CN(CC2CC2C)C(c2ccccc2)CN1. The lowest BCUT2D eigenvalue weighted by Gasteiger charge is -2.40. The molecule has 2 nitrogen and oxygen atoms in total. The highest BCUT2D eigenvalue weighted by molar-refractivity contribution is 5.20. The zero-order chi connectivity index (χ0) is 12.5.